The average molecular weight is 354 g/mol. The molecule has 1 aliphatic carbocycles. The molecule has 25 heavy (non-hydrogen) atoms. The Kier molecular flexibility index (Phi) is 4.39. The summed E-state index contributed by atoms with van der Waals surface area (Å²) in [6.07, 6.45) is 6.51. The Morgan fingerprint density at radius 2 is 2.28 bits per heavy atom. The minimum absolute atomic E-state index is 0.429. The van der Waals surface area contributed by atoms with Gasteiger partial charge in [-0.3, -0.25) is 4.98 Å². The molecule has 0 bridgehead atoms. The van der Waals surface area contributed by atoms with Crippen molar-refractivity contribution in [3.8, 4) is 11.4 Å². The Morgan fingerprint density at radius 3 is 3.04 bits per heavy atom. The van der Waals surface area contributed by atoms with E-state index in [1.54, 1.807) is 30.7 Å². The van der Waals surface area contributed by atoms with Gasteiger partial charge in [0.05, 0.1) is 11.5 Å². The molecule has 0 unspecified atom stereocenters. The molecule has 0 radical (unpaired) electrons. The maximum Gasteiger partial charge on any atom is 0.164 e. The van der Waals surface area contributed by atoms with Crippen LogP contribution in [0.3, 0.4) is 0 Å². The molecule has 130 valence electrons. The fraction of sp³-hybridized carbons (Fsp3) is 0.421. The lowest BCUT2D eigenvalue weighted by molar-refractivity contribution is 0.208. The molecule has 1 aliphatic rings. The van der Waals surface area contributed by atoms with Gasteiger partial charge in [0.25, 0.3) is 0 Å². The molecule has 5 nitrogen and oxygen atoms in total. The summed E-state index contributed by atoms with van der Waals surface area (Å²) in [5.41, 5.74) is 2.30. The molecule has 2 atom stereocenters. The first-order chi connectivity index (χ1) is 12.1. The summed E-state index contributed by atoms with van der Waals surface area (Å²) in [5, 5.41) is 14.2. The Labute approximate surface area is 151 Å². The zero-order valence-electron chi connectivity index (χ0n) is 14.5. The SMILES string of the molecule is C[C@H]1CCc2c(sc3nc(-c4cccnc4)nc(NC[C@@H](C)O)c23)C1. The van der Waals surface area contributed by atoms with E-state index in [1.807, 2.05) is 12.1 Å². The molecular weight excluding hydrogens is 332 g/mol. The summed E-state index contributed by atoms with van der Waals surface area (Å²) < 4.78 is 0. The van der Waals surface area contributed by atoms with Crippen molar-refractivity contribution in [3.63, 3.8) is 0 Å². The van der Waals surface area contributed by atoms with Gasteiger partial charge in [0.15, 0.2) is 5.82 Å². The second-order valence-electron chi connectivity index (χ2n) is 6.90. The van der Waals surface area contributed by atoms with E-state index in [-0.39, 0.29) is 0 Å². The summed E-state index contributed by atoms with van der Waals surface area (Å²) in [4.78, 5) is 16.3. The number of hydrogen-bond donors (Lipinski definition) is 2. The number of aromatic nitrogens is 3. The molecule has 0 fully saturated rings. The summed E-state index contributed by atoms with van der Waals surface area (Å²) >= 11 is 1.79. The summed E-state index contributed by atoms with van der Waals surface area (Å²) in [6.45, 7) is 4.56. The van der Waals surface area contributed by atoms with Crippen LogP contribution in [0.25, 0.3) is 21.6 Å². The van der Waals surface area contributed by atoms with Gasteiger partial charge in [-0.1, -0.05) is 6.92 Å². The predicted molar refractivity (Wildman–Crippen MR) is 102 cm³/mol. The van der Waals surface area contributed by atoms with Crippen LogP contribution in [0.2, 0.25) is 0 Å². The number of rotatable bonds is 4. The molecule has 4 rings (SSSR count). The van der Waals surface area contributed by atoms with Gasteiger partial charge in [0.2, 0.25) is 0 Å². The third-order valence-electron chi connectivity index (χ3n) is 4.64. The Balaban J connectivity index is 1.87. The standard InChI is InChI=1S/C19H22N4OS/c1-11-5-6-14-15(8-11)25-19-16(14)18(21-9-12(2)24)22-17(23-19)13-4-3-7-20-10-13/h3-4,7,10-12,24H,5-6,8-9H2,1-2H3,(H,21,22,23)/t11-,12+/m0/s1. The van der Waals surface area contributed by atoms with Gasteiger partial charge in [-0.2, -0.15) is 0 Å². The highest BCUT2D eigenvalue weighted by Crippen LogP contribution is 2.40. The van der Waals surface area contributed by atoms with E-state index in [0.717, 1.165) is 40.4 Å². The topological polar surface area (TPSA) is 70.9 Å². The number of nitrogens with one attached hydrogen (secondary N) is 1. The molecule has 0 aromatic carbocycles. The van der Waals surface area contributed by atoms with E-state index in [1.165, 1.54) is 16.9 Å². The molecule has 0 saturated heterocycles. The number of anilines is 1. The fourth-order valence-electron chi connectivity index (χ4n) is 3.34. The third kappa shape index (κ3) is 3.24. The van der Waals surface area contributed by atoms with Crippen LogP contribution in [0, 0.1) is 5.92 Å². The van der Waals surface area contributed by atoms with Gasteiger partial charge in [0, 0.05) is 29.4 Å². The number of aliphatic hydroxyl groups excluding tert-OH is 1. The molecule has 3 heterocycles. The van der Waals surface area contributed by atoms with Crippen LogP contribution in [0.15, 0.2) is 24.5 Å². The zero-order chi connectivity index (χ0) is 17.4. The number of pyridine rings is 1. The molecule has 2 N–H and O–H groups in total. The van der Waals surface area contributed by atoms with Crippen LogP contribution < -0.4 is 5.32 Å². The van der Waals surface area contributed by atoms with Crippen molar-refractivity contribution in [2.24, 2.45) is 5.92 Å². The van der Waals surface area contributed by atoms with Gasteiger partial charge in [-0.15, -0.1) is 11.3 Å². The van der Waals surface area contributed by atoms with Crippen LogP contribution in [-0.2, 0) is 12.8 Å². The van der Waals surface area contributed by atoms with Gasteiger partial charge in [-0.05, 0) is 49.8 Å². The minimum atomic E-state index is -0.429. The predicted octanol–water partition coefficient (Wildman–Crippen LogP) is 3.67. The lowest BCUT2D eigenvalue weighted by atomic mass is 9.89. The molecular formula is C19H22N4OS. The second kappa shape index (κ2) is 6.69. The first-order valence-corrected chi connectivity index (χ1v) is 9.58. The molecule has 0 saturated carbocycles. The molecule has 0 amide bonds. The van der Waals surface area contributed by atoms with Crippen LogP contribution >= 0.6 is 11.3 Å². The summed E-state index contributed by atoms with van der Waals surface area (Å²) in [5.74, 6) is 2.23. The van der Waals surface area contributed by atoms with Crippen molar-refractivity contribution in [2.45, 2.75) is 39.2 Å². The van der Waals surface area contributed by atoms with Crippen molar-refractivity contribution in [1.29, 1.82) is 0 Å². The maximum atomic E-state index is 9.68. The molecule has 0 spiro atoms. The Hall–Kier alpha value is -2.05. The molecule has 3 aromatic rings. The zero-order valence-corrected chi connectivity index (χ0v) is 15.3. The molecule has 0 aliphatic heterocycles. The summed E-state index contributed by atoms with van der Waals surface area (Å²) in [7, 11) is 0. The van der Waals surface area contributed by atoms with E-state index >= 15 is 0 Å². The second-order valence-corrected chi connectivity index (χ2v) is 7.98. The van der Waals surface area contributed by atoms with Crippen LogP contribution in [0.5, 0.6) is 0 Å². The van der Waals surface area contributed by atoms with E-state index < -0.39 is 6.10 Å². The number of aliphatic hydroxyl groups is 1. The molecule has 3 aromatic heterocycles. The third-order valence-corrected chi connectivity index (χ3v) is 5.79. The lowest BCUT2D eigenvalue weighted by Crippen LogP contribution is -2.17. The van der Waals surface area contributed by atoms with Crippen molar-refractivity contribution in [3.05, 3.63) is 35.0 Å². The highest BCUT2D eigenvalue weighted by Gasteiger charge is 2.24. The number of thiophene rings is 1. The van der Waals surface area contributed by atoms with E-state index in [9.17, 15) is 5.11 Å². The van der Waals surface area contributed by atoms with Crippen LogP contribution in [0.4, 0.5) is 5.82 Å². The first kappa shape index (κ1) is 16.4. The van der Waals surface area contributed by atoms with Gasteiger partial charge < -0.3 is 10.4 Å². The lowest BCUT2D eigenvalue weighted by Gasteiger charge is -2.18. The maximum absolute atomic E-state index is 9.68. The van der Waals surface area contributed by atoms with Crippen molar-refractivity contribution in [1.82, 2.24) is 15.0 Å². The van der Waals surface area contributed by atoms with Crippen LogP contribution in [-0.4, -0.2) is 32.7 Å². The number of hydrogen-bond acceptors (Lipinski definition) is 6. The monoisotopic (exact) mass is 354 g/mol. The minimum Gasteiger partial charge on any atom is -0.392 e. The van der Waals surface area contributed by atoms with E-state index in [4.69, 9.17) is 9.97 Å². The summed E-state index contributed by atoms with van der Waals surface area (Å²) in [6, 6.07) is 3.87. The fourth-order valence-corrected chi connectivity index (χ4v) is 4.72. The number of nitrogens with zero attached hydrogens (tertiary/aromatic N) is 3. The molecule has 6 heteroatoms. The highest BCUT2D eigenvalue weighted by molar-refractivity contribution is 7.19. The van der Waals surface area contributed by atoms with Crippen LogP contribution in [0.1, 0.15) is 30.7 Å². The average Bonchev–Trinajstić information content (AvgIpc) is 2.97. The number of fused-ring (bicyclic) bond motifs is 3. The van der Waals surface area contributed by atoms with Gasteiger partial charge >= 0.3 is 0 Å². The smallest absolute Gasteiger partial charge is 0.164 e. The largest absolute Gasteiger partial charge is 0.392 e. The normalized spacial score (nSPS) is 18.1. The van der Waals surface area contributed by atoms with Gasteiger partial charge in [0.1, 0.15) is 10.6 Å². The Morgan fingerprint density at radius 1 is 1.40 bits per heavy atom. The van der Waals surface area contributed by atoms with E-state index in [2.05, 4.69) is 17.2 Å². The Bertz CT molecular complexity index is 891. The van der Waals surface area contributed by atoms with Gasteiger partial charge in [-0.25, -0.2) is 9.97 Å². The first-order valence-electron chi connectivity index (χ1n) is 8.76. The van der Waals surface area contributed by atoms with Crippen molar-refractivity contribution >= 4 is 27.4 Å². The van der Waals surface area contributed by atoms with Crippen molar-refractivity contribution < 1.29 is 5.11 Å². The highest BCUT2D eigenvalue weighted by atomic mass is 32.1. The quantitative estimate of drug-likeness (QED) is 0.748. The number of aryl methyl sites for hydroxylation is 1. The van der Waals surface area contributed by atoms with Crippen molar-refractivity contribution in [2.75, 3.05) is 11.9 Å². The van der Waals surface area contributed by atoms with E-state index in [0.29, 0.717) is 12.4 Å².